The van der Waals surface area contributed by atoms with Crippen LogP contribution in [0.4, 0.5) is 0 Å². The number of rotatable bonds is 5. The van der Waals surface area contributed by atoms with Gasteiger partial charge in [0.05, 0.1) is 0 Å². The molecule has 1 aliphatic heterocycles. The van der Waals surface area contributed by atoms with Crippen LogP contribution in [0.2, 0.25) is 0 Å². The van der Waals surface area contributed by atoms with Crippen molar-refractivity contribution >= 4 is 17.7 Å². The summed E-state index contributed by atoms with van der Waals surface area (Å²) in [5, 5.41) is 6.80. The Morgan fingerprint density at radius 1 is 1.50 bits per heavy atom. The molecule has 0 aromatic carbocycles. The van der Waals surface area contributed by atoms with Crippen molar-refractivity contribution in [2.75, 3.05) is 25.9 Å². The maximum Gasteiger partial charge on any atom is 0.191 e. The second kappa shape index (κ2) is 7.53. The van der Waals surface area contributed by atoms with Crippen molar-refractivity contribution in [3.05, 3.63) is 30.1 Å². The lowest BCUT2D eigenvalue weighted by atomic mass is 10.1. The maximum atomic E-state index is 4.28. The molecule has 2 rings (SSSR count). The Kier molecular flexibility index (Phi) is 5.71. The number of hydrogen-bond acceptors (Lipinski definition) is 3. The van der Waals surface area contributed by atoms with Crippen molar-refractivity contribution in [2.45, 2.75) is 30.9 Å². The molecule has 1 saturated heterocycles. The topological polar surface area (TPSA) is 49.3 Å². The fourth-order valence-corrected chi connectivity index (χ4v) is 3.58. The van der Waals surface area contributed by atoms with Gasteiger partial charge in [-0.25, -0.2) is 0 Å². The first kappa shape index (κ1) is 15.2. The summed E-state index contributed by atoms with van der Waals surface area (Å²) in [6.45, 7) is 4.18. The van der Waals surface area contributed by atoms with Crippen LogP contribution in [0.5, 0.6) is 0 Å². The molecule has 0 bridgehead atoms. The lowest BCUT2D eigenvalue weighted by molar-refractivity contribution is 0.584. The Labute approximate surface area is 125 Å². The summed E-state index contributed by atoms with van der Waals surface area (Å²) < 4.78 is 0.362. The summed E-state index contributed by atoms with van der Waals surface area (Å²) in [4.78, 5) is 8.40. The molecule has 1 aromatic heterocycles. The van der Waals surface area contributed by atoms with Gasteiger partial charge in [0, 0.05) is 37.3 Å². The molecule has 0 spiro atoms. The molecule has 5 heteroatoms. The molecule has 20 heavy (non-hydrogen) atoms. The maximum absolute atomic E-state index is 4.28. The van der Waals surface area contributed by atoms with Gasteiger partial charge in [-0.1, -0.05) is 6.07 Å². The molecule has 0 radical (unpaired) electrons. The van der Waals surface area contributed by atoms with E-state index in [9.17, 15) is 0 Å². The molecule has 1 aromatic rings. The fourth-order valence-electron chi connectivity index (χ4n) is 2.34. The minimum atomic E-state index is 0.362. The fraction of sp³-hybridized carbons (Fsp3) is 0.600. The van der Waals surface area contributed by atoms with Crippen LogP contribution in [0.3, 0.4) is 0 Å². The van der Waals surface area contributed by atoms with Gasteiger partial charge in [0.1, 0.15) is 0 Å². The van der Waals surface area contributed by atoms with Crippen LogP contribution in [0, 0.1) is 0 Å². The predicted molar refractivity (Wildman–Crippen MR) is 87.4 cm³/mol. The molecule has 0 aliphatic carbocycles. The summed E-state index contributed by atoms with van der Waals surface area (Å²) in [7, 11) is 1.82. The molecule has 0 amide bonds. The third kappa shape index (κ3) is 4.71. The van der Waals surface area contributed by atoms with Gasteiger partial charge in [-0.05, 0) is 43.6 Å². The van der Waals surface area contributed by atoms with Crippen molar-refractivity contribution in [1.29, 1.82) is 0 Å². The van der Waals surface area contributed by atoms with Gasteiger partial charge in [-0.15, -0.1) is 0 Å². The third-order valence-corrected chi connectivity index (χ3v) is 5.12. The van der Waals surface area contributed by atoms with Crippen LogP contribution in [-0.4, -0.2) is 41.6 Å². The van der Waals surface area contributed by atoms with E-state index in [4.69, 9.17) is 0 Å². The minimum Gasteiger partial charge on any atom is -0.356 e. The molecule has 2 heterocycles. The number of pyridine rings is 1. The molecule has 1 unspecified atom stereocenters. The van der Waals surface area contributed by atoms with E-state index < -0.39 is 0 Å². The van der Waals surface area contributed by atoms with Crippen LogP contribution in [0.15, 0.2) is 29.5 Å². The largest absolute Gasteiger partial charge is 0.356 e. The van der Waals surface area contributed by atoms with Gasteiger partial charge in [0.2, 0.25) is 0 Å². The number of nitrogens with one attached hydrogen (secondary N) is 2. The van der Waals surface area contributed by atoms with Gasteiger partial charge in [-0.2, -0.15) is 11.8 Å². The lowest BCUT2D eigenvalue weighted by Gasteiger charge is -2.24. The molecule has 4 nitrogen and oxygen atoms in total. The van der Waals surface area contributed by atoms with E-state index in [1.807, 2.05) is 19.3 Å². The average Bonchev–Trinajstić information content (AvgIpc) is 2.91. The van der Waals surface area contributed by atoms with Crippen molar-refractivity contribution in [3.63, 3.8) is 0 Å². The Balaban J connectivity index is 1.70. The van der Waals surface area contributed by atoms with E-state index in [2.05, 4.69) is 45.4 Å². The van der Waals surface area contributed by atoms with Crippen molar-refractivity contribution in [3.8, 4) is 0 Å². The molecule has 1 atom stereocenters. The average molecular weight is 292 g/mol. The van der Waals surface area contributed by atoms with E-state index in [0.717, 1.165) is 25.5 Å². The highest BCUT2D eigenvalue weighted by molar-refractivity contribution is 8.00. The zero-order valence-electron chi connectivity index (χ0n) is 12.4. The molecular weight excluding hydrogens is 268 g/mol. The summed E-state index contributed by atoms with van der Waals surface area (Å²) in [5.41, 5.74) is 1.24. The number of aromatic nitrogens is 1. The lowest BCUT2D eigenvalue weighted by Crippen LogP contribution is -2.44. The van der Waals surface area contributed by atoms with Crippen molar-refractivity contribution < 1.29 is 0 Å². The Bertz CT molecular complexity index is 427. The highest BCUT2D eigenvalue weighted by Gasteiger charge is 2.29. The van der Waals surface area contributed by atoms with E-state index in [0.29, 0.717) is 4.75 Å². The van der Waals surface area contributed by atoms with E-state index in [1.54, 1.807) is 6.20 Å². The van der Waals surface area contributed by atoms with Crippen LogP contribution in [0.25, 0.3) is 0 Å². The van der Waals surface area contributed by atoms with E-state index in [-0.39, 0.29) is 0 Å². The Morgan fingerprint density at radius 2 is 2.40 bits per heavy atom. The number of aliphatic imine (C=N–C) groups is 1. The molecule has 110 valence electrons. The summed E-state index contributed by atoms with van der Waals surface area (Å²) in [6.07, 6.45) is 7.29. The van der Waals surface area contributed by atoms with Crippen LogP contribution >= 0.6 is 11.8 Å². The smallest absolute Gasteiger partial charge is 0.191 e. The first-order valence-electron chi connectivity index (χ1n) is 7.19. The Morgan fingerprint density at radius 3 is 3.05 bits per heavy atom. The highest BCUT2D eigenvalue weighted by atomic mass is 32.2. The van der Waals surface area contributed by atoms with Crippen LogP contribution in [-0.2, 0) is 6.42 Å². The van der Waals surface area contributed by atoms with Crippen molar-refractivity contribution in [2.24, 2.45) is 4.99 Å². The number of nitrogens with zero attached hydrogens (tertiary/aromatic N) is 2. The zero-order chi connectivity index (χ0) is 14.3. The second-order valence-electron chi connectivity index (χ2n) is 5.37. The van der Waals surface area contributed by atoms with Gasteiger partial charge < -0.3 is 10.6 Å². The van der Waals surface area contributed by atoms with Gasteiger partial charge in [-0.3, -0.25) is 9.98 Å². The van der Waals surface area contributed by atoms with E-state index >= 15 is 0 Å². The minimum absolute atomic E-state index is 0.362. The number of guanidine groups is 1. The molecule has 2 N–H and O–H groups in total. The summed E-state index contributed by atoms with van der Waals surface area (Å²) in [6, 6.07) is 4.07. The quantitative estimate of drug-likeness (QED) is 0.644. The van der Waals surface area contributed by atoms with Gasteiger partial charge >= 0.3 is 0 Å². The first-order chi connectivity index (χ1) is 9.72. The molecule has 1 fully saturated rings. The van der Waals surface area contributed by atoms with Gasteiger partial charge in [0.25, 0.3) is 0 Å². The molecule has 0 saturated carbocycles. The monoisotopic (exact) mass is 292 g/mol. The van der Waals surface area contributed by atoms with Crippen LogP contribution < -0.4 is 10.6 Å². The first-order valence-corrected chi connectivity index (χ1v) is 8.18. The summed E-state index contributed by atoms with van der Waals surface area (Å²) >= 11 is 2.06. The normalized spacial score (nSPS) is 22.8. The molecule has 1 aliphatic rings. The Hall–Kier alpha value is -1.23. The predicted octanol–water partition coefficient (Wildman–Crippen LogP) is 2.07. The molecular formula is C15H24N4S. The second-order valence-corrected chi connectivity index (χ2v) is 7.05. The number of thioether (sulfide) groups is 1. The van der Waals surface area contributed by atoms with Crippen LogP contribution in [0.1, 0.15) is 25.3 Å². The van der Waals surface area contributed by atoms with Crippen molar-refractivity contribution in [1.82, 2.24) is 15.6 Å². The van der Waals surface area contributed by atoms with Gasteiger partial charge in [0.15, 0.2) is 5.96 Å². The standard InChI is InChI=1S/C15H24N4S/c1-15(7-4-10-20-15)12-19-14(16-2)18-9-6-13-5-3-8-17-11-13/h3,5,8,11H,4,6-7,9-10,12H2,1-2H3,(H2,16,18,19). The zero-order valence-corrected chi connectivity index (χ0v) is 13.2. The SMILES string of the molecule is CN=C(NCCc1cccnc1)NCC1(C)CCCS1. The third-order valence-electron chi connectivity index (χ3n) is 3.58. The van der Waals surface area contributed by atoms with E-state index in [1.165, 1.54) is 24.2 Å². The highest BCUT2D eigenvalue weighted by Crippen LogP contribution is 2.36. The number of hydrogen-bond donors (Lipinski definition) is 2. The summed E-state index contributed by atoms with van der Waals surface area (Å²) in [5.74, 6) is 2.17.